The average molecular weight is 222 g/mol. The number of hydrogen-bond acceptors (Lipinski definition) is 3. The molecule has 88 valence electrons. The van der Waals surface area contributed by atoms with Gasteiger partial charge in [-0.25, -0.2) is 10.4 Å². The van der Waals surface area contributed by atoms with Crippen LogP contribution in [-0.2, 0) is 4.79 Å². The largest absolute Gasteiger partial charge is 0.369 e. The molecule has 2 rings (SSSR count). The zero-order chi connectivity index (χ0) is 11.5. The van der Waals surface area contributed by atoms with Gasteiger partial charge in [-0.05, 0) is 18.8 Å². The molecule has 1 saturated carbocycles. The Kier molecular flexibility index (Phi) is 3.24. The molecule has 0 aromatic rings. The van der Waals surface area contributed by atoms with Crippen molar-refractivity contribution in [3.05, 3.63) is 11.6 Å². The van der Waals surface area contributed by atoms with E-state index >= 15 is 0 Å². The third-order valence-corrected chi connectivity index (χ3v) is 3.23. The van der Waals surface area contributed by atoms with E-state index in [4.69, 9.17) is 11.1 Å². The molecule has 16 heavy (non-hydrogen) atoms. The molecule has 0 aromatic carbocycles. The molecule has 1 saturated heterocycles. The average Bonchev–Trinajstić information content (AvgIpc) is 2.62. The number of hydrogen-bond donors (Lipinski definition) is 3. The molecule has 5 heteroatoms. The Morgan fingerprint density at radius 3 is 2.69 bits per heavy atom. The lowest BCUT2D eigenvalue weighted by Gasteiger charge is -2.18. The summed E-state index contributed by atoms with van der Waals surface area (Å²) in [6.07, 6.45) is 8.25. The summed E-state index contributed by atoms with van der Waals surface area (Å²) >= 11 is 0. The lowest BCUT2D eigenvalue weighted by Crippen LogP contribution is -2.44. The number of carbonyl (C=O) groups is 1. The lowest BCUT2D eigenvalue weighted by atomic mass is 9.88. The normalized spacial score (nSPS) is 25.4. The van der Waals surface area contributed by atoms with Crippen LogP contribution in [0.1, 0.15) is 32.1 Å². The molecule has 5 nitrogen and oxygen atoms in total. The van der Waals surface area contributed by atoms with Gasteiger partial charge in [-0.2, -0.15) is 0 Å². The van der Waals surface area contributed by atoms with Crippen LogP contribution >= 0.6 is 0 Å². The monoisotopic (exact) mass is 222 g/mol. The number of carbonyl (C=O) groups excluding carboxylic acids is 1. The smallest absolute Gasteiger partial charge is 0.272 e. The molecule has 1 aliphatic heterocycles. The van der Waals surface area contributed by atoms with Crippen molar-refractivity contribution in [3.63, 3.8) is 0 Å². The van der Waals surface area contributed by atoms with Crippen LogP contribution in [0.15, 0.2) is 11.6 Å². The van der Waals surface area contributed by atoms with E-state index in [-0.39, 0.29) is 11.9 Å². The van der Waals surface area contributed by atoms with Gasteiger partial charge < -0.3 is 5.73 Å². The van der Waals surface area contributed by atoms with E-state index in [0.29, 0.717) is 12.5 Å². The molecular weight excluding hydrogens is 204 g/mol. The molecule has 0 aromatic heterocycles. The number of hydrazine groups is 1. The molecule has 0 unspecified atom stereocenters. The highest BCUT2D eigenvalue weighted by molar-refractivity contribution is 6.05. The van der Waals surface area contributed by atoms with Crippen molar-refractivity contribution in [2.75, 3.05) is 6.54 Å². The van der Waals surface area contributed by atoms with Crippen molar-refractivity contribution < 1.29 is 4.79 Å². The zero-order valence-corrected chi connectivity index (χ0v) is 9.33. The SMILES string of the molecule is N=C(N)N1NC/C(=C\C2CCCCC2)C1=O. The Bertz CT molecular complexity index is 331. The number of allylic oxidation sites excluding steroid dienone is 1. The summed E-state index contributed by atoms with van der Waals surface area (Å²) in [5, 5.41) is 8.33. The van der Waals surface area contributed by atoms with Gasteiger partial charge in [0.05, 0.1) is 0 Å². The standard InChI is InChI=1S/C11H18N4O/c12-11(13)15-10(16)9(7-14-15)6-8-4-2-1-3-5-8/h6,8,14H,1-5,7H2,(H3,12,13)/b9-6+. The summed E-state index contributed by atoms with van der Waals surface area (Å²) in [6.45, 7) is 0.495. The van der Waals surface area contributed by atoms with E-state index in [0.717, 1.165) is 10.6 Å². The minimum atomic E-state index is -0.239. The Hall–Kier alpha value is -1.36. The predicted molar refractivity (Wildman–Crippen MR) is 61.4 cm³/mol. The van der Waals surface area contributed by atoms with E-state index in [2.05, 4.69) is 11.5 Å². The van der Waals surface area contributed by atoms with Gasteiger partial charge in [-0.1, -0.05) is 25.3 Å². The first-order valence-corrected chi connectivity index (χ1v) is 5.81. The number of guanidine groups is 1. The molecular formula is C11H18N4O. The first-order chi connectivity index (χ1) is 7.68. The van der Waals surface area contributed by atoms with Crippen LogP contribution in [0, 0.1) is 11.3 Å². The van der Waals surface area contributed by atoms with Crippen molar-refractivity contribution >= 4 is 11.9 Å². The fourth-order valence-electron chi connectivity index (χ4n) is 2.37. The molecule has 1 aliphatic carbocycles. The summed E-state index contributed by atoms with van der Waals surface area (Å²) in [7, 11) is 0. The highest BCUT2D eigenvalue weighted by Gasteiger charge is 2.28. The van der Waals surface area contributed by atoms with Crippen molar-refractivity contribution in [2.45, 2.75) is 32.1 Å². The number of rotatable bonds is 1. The second kappa shape index (κ2) is 4.65. The van der Waals surface area contributed by atoms with Crippen LogP contribution in [0.3, 0.4) is 0 Å². The van der Waals surface area contributed by atoms with Crippen LogP contribution in [-0.4, -0.2) is 23.4 Å². The molecule has 4 N–H and O–H groups in total. The first-order valence-electron chi connectivity index (χ1n) is 5.81. The summed E-state index contributed by atoms with van der Waals surface area (Å²) in [5.41, 5.74) is 8.85. The minimum absolute atomic E-state index is 0.168. The van der Waals surface area contributed by atoms with Crippen molar-refractivity contribution in [1.82, 2.24) is 10.4 Å². The molecule has 1 heterocycles. The number of nitrogens with zero attached hydrogens (tertiary/aromatic N) is 1. The number of nitrogens with two attached hydrogens (primary N) is 1. The van der Waals surface area contributed by atoms with Gasteiger partial charge >= 0.3 is 0 Å². The second-order valence-corrected chi connectivity index (χ2v) is 4.45. The van der Waals surface area contributed by atoms with Crippen molar-refractivity contribution in [1.29, 1.82) is 5.41 Å². The Labute approximate surface area is 95.2 Å². The third-order valence-electron chi connectivity index (χ3n) is 3.23. The Morgan fingerprint density at radius 1 is 1.44 bits per heavy atom. The maximum Gasteiger partial charge on any atom is 0.272 e. The maximum atomic E-state index is 11.8. The molecule has 0 atom stereocenters. The van der Waals surface area contributed by atoms with Gasteiger partial charge in [-0.3, -0.25) is 10.2 Å². The molecule has 0 radical (unpaired) electrons. The summed E-state index contributed by atoms with van der Waals surface area (Å²) < 4.78 is 0. The van der Waals surface area contributed by atoms with Gasteiger partial charge in [0.25, 0.3) is 5.91 Å². The quantitative estimate of drug-likeness (QED) is 0.347. The highest BCUT2D eigenvalue weighted by atomic mass is 16.2. The Morgan fingerprint density at radius 2 is 2.12 bits per heavy atom. The number of nitrogens with one attached hydrogen (secondary N) is 2. The van der Waals surface area contributed by atoms with Crippen molar-refractivity contribution in [3.8, 4) is 0 Å². The summed E-state index contributed by atoms with van der Waals surface area (Å²) in [5.74, 6) is 0.122. The first kappa shape index (κ1) is 11.1. The number of amides is 1. The van der Waals surface area contributed by atoms with E-state index in [9.17, 15) is 4.79 Å². The van der Waals surface area contributed by atoms with Gasteiger partial charge in [0, 0.05) is 12.1 Å². The van der Waals surface area contributed by atoms with E-state index < -0.39 is 0 Å². The maximum absolute atomic E-state index is 11.8. The lowest BCUT2D eigenvalue weighted by molar-refractivity contribution is -0.123. The minimum Gasteiger partial charge on any atom is -0.369 e. The molecule has 0 spiro atoms. The third kappa shape index (κ3) is 2.24. The van der Waals surface area contributed by atoms with Crippen LogP contribution in [0.25, 0.3) is 0 Å². The fraction of sp³-hybridized carbons (Fsp3) is 0.636. The van der Waals surface area contributed by atoms with E-state index in [1.54, 1.807) is 0 Å². The predicted octanol–water partition coefficient (Wildman–Crippen LogP) is 0.733. The molecule has 0 bridgehead atoms. The van der Waals surface area contributed by atoms with Gasteiger partial charge in [0.2, 0.25) is 5.96 Å². The molecule has 1 amide bonds. The highest BCUT2D eigenvalue weighted by Crippen LogP contribution is 2.26. The topological polar surface area (TPSA) is 82.2 Å². The molecule has 2 aliphatic rings. The van der Waals surface area contributed by atoms with Gasteiger partial charge in [-0.15, -0.1) is 0 Å². The van der Waals surface area contributed by atoms with Crippen LogP contribution in [0.2, 0.25) is 0 Å². The summed E-state index contributed by atoms with van der Waals surface area (Å²) in [6, 6.07) is 0. The fourth-order valence-corrected chi connectivity index (χ4v) is 2.37. The van der Waals surface area contributed by atoms with E-state index in [1.165, 1.54) is 32.1 Å². The van der Waals surface area contributed by atoms with Crippen molar-refractivity contribution in [2.24, 2.45) is 11.7 Å². The Balaban J connectivity index is 2.02. The summed E-state index contributed by atoms with van der Waals surface area (Å²) in [4.78, 5) is 11.8. The van der Waals surface area contributed by atoms with Gasteiger partial charge in [0.1, 0.15) is 0 Å². The second-order valence-electron chi connectivity index (χ2n) is 4.45. The van der Waals surface area contributed by atoms with Crippen LogP contribution in [0.4, 0.5) is 0 Å². The van der Waals surface area contributed by atoms with Crippen LogP contribution in [0.5, 0.6) is 0 Å². The molecule has 2 fully saturated rings. The van der Waals surface area contributed by atoms with E-state index in [1.807, 2.05) is 0 Å². The zero-order valence-electron chi connectivity index (χ0n) is 9.33. The van der Waals surface area contributed by atoms with Crippen LogP contribution < -0.4 is 11.2 Å². The van der Waals surface area contributed by atoms with Gasteiger partial charge in [0.15, 0.2) is 0 Å².